The summed E-state index contributed by atoms with van der Waals surface area (Å²) in [7, 11) is 0. The molecule has 0 bridgehead atoms. The molecular weight excluding hydrogens is 759 g/mol. The van der Waals surface area contributed by atoms with Crippen molar-refractivity contribution in [3.05, 3.63) is 48.6 Å². The maximum absolute atomic E-state index is 12.3. The summed E-state index contributed by atoms with van der Waals surface area (Å²) in [4.78, 5) is 26.9. The number of aliphatic hydroxyl groups is 1. The zero-order valence-corrected chi connectivity index (χ0v) is 39.0. The minimum absolute atomic E-state index is 0.125. The Hall–Kier alpha value is -2.34. The highest BCUT2D eigenvalue weighted by Crippen LogP contribution is 2.13. The van der Waals surface area contributed by atoms with Gasteiger partial charge >= 0.3 is 11.9 Å². The molecule has 0 fully saturated rings. The number of unbranched alkanes of at least 4 members (excludes halogenated alkanes) is 8. The second-order valence-corrected chi connectivity index (χ2v) is 15.3. The first-order valence-electron chi connectivity index (χ1n) is 24.2. The number of hydrogen-bond acceptors (Lipinski definition) is 10. The summed E-state index contributed by atoms with van der Waals surface area (Å²) in [5.74, 6) is -0.250. The van der Waals surface area contributed by atoms with Crippen LogP contribution < -0.4 is 0 Å². The molecule has 0 heterocycles. The largest absolute Gasteiger partial charge is 0.466 e. The van der Waals surface area contributed by atoms with Gasteiger partial charge in [0.1, 0.15) is 0 Å². The van der Waals surface area contributed by atoms with Crippen LogP contribution in [0.1, 0.15) is 182 Å². The van der Waals surface area contributed by atoms with Gasteiger partial charge in [0, 0.05) is 19.4 Å². The lowest BCUT2D eigenvalue weighted by Gasteiger charge is -2.21. The van der Waals surface area contributed by atoms with Crippen molar-refractivity contribution in [2.45, 2.75) is 194 Å². The highest BCUT2D eigenvalue weighted by molar-refractivity contribution is 5.69. The van der Waals surface area contributed by atoms with E-state index in [1.807, 2.05) is 0 Å². The second-order valence-electron chi connectivity index (χ2n) is 15.3. The molecule has 0 aromatic heterocycles. The molecule has 1 N–H and O–H groups in total. The van der Waals surface area contributed by atoms with Crippen LogP contribution in [0.15, 0.2) is 48.6 Å². The topological polar surface area (TPSA) is 113 Å². The summed E-state index contributed by atoms with van der Waals surface area (Å²) in [6.07, 6.45) is 38.1. The maximum atomic E-state index is 12.3. The van der Waals surface area contributed by atoms with Crippen LogP contribution in [0.3, 0.4) is 0 Å². The van der Waals surface area contributed by atoms with E-state index in [0.717, 1.165) is 154 Å². The Morgan fingerprint density at radius 1 is 0.433 bits per heavy atom. The Morgan fingerprint density at radius 2 is 0.783 bits per heavy atom. The zero-order chi connectivity index (χ0) is 43.8. The molecular formula is C50H91NO9. The molecule has 0 radical (unpaired) electrons. The van der Waals surface area contributed by atoms with Crippen LogP contribution in [-0.2, 0) is 38.0 Å². The molecule has 0 aromatic carbocycles. The Kier molecular flexibility index (Phi) is 45.8. The van der Waals surface area contributed by atoms with Crippen LogP contribution in [0.2, 0.25) is 0 Å². The number of allylic oxidation sites excluding steroid dienone is 4. The van der Waals surface area contributed by atoms with E-state index in [1.54, 1.807) is 0 Å². The highest BCUT2D eigenvalue weighted by Gasteiger charge is 2.12. The molecule has 0 spiro atoms. The molecule has 0 aliphatic rings. The fourth-order valence-electron chi connectivity index (χ4n) is 6.37. The molecule has 0 aromatic rings. The standard InChI is InChI=1S/C50H91NO9/c1-5-9-13-27-43-57-49(58-44-28-14-10-6-2)35-23-21-33-47(53)55-41-31-19-17-25-37-51(39-40-52)38-26-18-20-32-42-56-48(54)34-22-24-36-50(59-45-29-15-11-7-3)60-46-30-16-12-8-4/h9-16,49-50,52H,5-8,17-46H2,1-4H3/b13-9-,14-10-,15-11-,16-12-. The monoisotopic (exact) mass is 850 g/mol. The number of aliphatic hydroxyl groups excluding tert-OH is 1. The van der Waals surface area contributed by atoms with Gasteiger partial charge in [0.15, 0.2) is 12.6 Å². The molecule has 10 nitrogen and oxygen atoms in total. The summed E-state index contributed by atoms with van der Waals surface area (Å²) in [5, 5.41) is 9.56. The van der Waals surface area contributed by atoms with Gasteiger partial charge in [-0.15, -0.1) is 0 Å². The van der Waals surface area contributed by atoms with Crippen molar-refractivity contribution in [2.75, 3.05) is 65.9 Å². The molecule has 0 aliphatic heterocycles. The summed E-state index contributed by atoms with van der Waals surface area (Å²) < 4.78 is 34.9. The summed E-state index contributed by atoms with van der Waals surface area (Å²) in [5.41, 5.74) is 0. The predicted molar refractivity (Wildman–Crippen MR) is 247 cm³/mol. The third-order valence-electron chi connectivity index (χ3n) is 9.78. The van der Waals surface area contributed by atoms with Gasteiger partial charge in [0.25, 0.3) is 0 Å². The predicted octanol–water partition coefficient (Wildman–Crippen LogP) is 11.8. The van der Waals surface area contributed by atoms with Crippen LogP contribution >= 0.6 is 0 Å². The highest BCUT2D eigenvalue weighted by atomic mass is 16.7. The maximum Gasteiger partial charge on any atom is 0.305 e. The fourth-order valence-corrected chi connectivity index (χ4v) is 6.37. The van der Waals surface area contributed by atoms with Crippen LogP contribution in [-0.4, -0.2) is 100 Å². The first kappa shape index (κ1) is 57.7. The quantitative estimate of drug-likeness (QED) is 0.0275. The van der Waals surface area contributed by atoms with Crippen molar-refractivity contribution in [1.29, 1.82) is 0 Å². The first-order valence-corrected chi connectivity index (χ1v) is 24.2. The Bertz CT molecular complexity index is 929. The van der Waals surface area contributed by atoms with E-state index in [4.69, 9.17) is 28.4 Å². The third-order valence-corrected chi connectivity index (χ3v) is 9.78. The smallest absolute Gasteiger partial charge is 0.305 e. The van der Waals surface area contributed by atoms with Gasteiger partial charge in [0.05, 0.1) is 46.2 Å². The number of nitrogens with zero attached hydrogens (tertiary/aromatic N) is 1. The number of carbonyl (C=O) groups excluding carboxylic acids is 2. The average Bonchev–Trinajstić information content (AvgIpc) is 3.24. The SMILES string of the molecule is CC/C=C\CCOC(CCCCC(=O)OCCCCCCN(CCO)CCCCCCOC(=O)CCCCC(OCC/C=C\CC)OCC/C=C\CC)OCC/C=C\CC. The molecule has 10 heteroatoms. The molecule has 0 saturated heterocycles. The van der Waals surface area contributed by atoms with Crippen LogP contribution in [0.5, 0.6) is 0 Å². The van der Waals surface area contributed by atoms with Gasteiger partial charge in [-0.05, 0) is 129 Å². The average molecular weight is 850 g/mol. The molecule has 0 aliphatic carbocycles. The molecule has 0 atom stereocenters. The normalized spacial score (nSPS) is 12.3. The molecule has 0 amide bonds. The van der Waals surface area contributed by atoms with Crippen LogP contribution in [0, 0.1) is 0 Å². The molecule has 0 rings (SSSR count). The first-order chi connectivity index (χ1) is 29.5. The third kappa shape index (κ3) is 42.4. The van der Waals surface area contributed by atoms with E-state index >= 15 is 0 Å². The minimum Gasteiger partial charge on any atom is -0.466 e. The van der Waals surface area contributed by atoms with Crippen molar-refractivity contribution in [3.8, 4) is 0 Å². The van der Waals surface area contributed by atoms with E-state index < -0.39 is 0 Å². The van der Waals surface area contributed by atoms with E-state index in [-0.39, 0.29) is 31.1 Å². The lowest BCUT2D eigenvalue weighted by Crippen LogP contribution is -2.29. The summed E-state index contributed by atoms with van der Waals surface area (Å²) >= 11 is 0. The lowest BCUT2D eigenvalue weighted by atomic mass is 10.1. The summed E-state index contributed by atoms with van der Waals surface area (Å²) in [6.45, 7) is 14.8. The zero-order valence-electron chi connectivity index (χ0n) is 39.0. The Balaban J connectivity index is 4.01. The molecule has 60 heavy (non-hydrogen) atoms. The van der Waals surface area contributed by atoms with Crippen molar-refractivity contribution in [3.63, 3.8) is 0 Å². The van der Waals surface area contributed by atoms with E-state index in [0.29, 0.717) is 59.0 Å². The van der Waals surface area contributed by atoms with Crippen molar-refractivity contribution < 1.29 is 43.1 Å². The minimum atomic E-state index is -0.234. The number of hydrogen-bond donors (Lipinski definition) is 1. The van der Waals surface area contributed by atoms with Gasteiger partial charge in [-0.25, -0.2) is 0 Å². The number of rotatable bonds is 46. The van der Waals surface area contributed by atoms with Crippen LogP contribution in [0.25, 0.3) is 0 Å². The van der Waals surface area contributed by atoms with Gasteiger partial charge in [-0.2, -0.15) is 0 Å². The summed E-state index contributed by atoms with van der Waals surface area (Å²) in [6, 6.07) is 0. The molecule has 350 valence electrons. The molecule has 0 unspecified atom stereocenters. The van der Waals surface area contributed by atoms with Gasteiger partial charge < -0.3 is 38.4 Å². The van der Waals surface area contributed by atoms with Gasteiger partial charge in [0.2, 0.25) is 0 Å². The van der Waals surface area contributed by atoms with Gasteiger partial charge in [-0.3, -0.25) is 9.59 Å². The Morgan fingerprint density at radius 3 is 1.12 bits per heavy atom. The van der Waals surface area contributed by atoms with E-state index in [2.05, 4.69) is 81.2 Å². The Labute approximate surface area is 367 Å². The fraction of sp³-hybridized carbons (Fsp3) is 0.800. The van der Waals surface area contributed by atoms with Gasteiger partial charge in [-0.1, -0.05) is 102 Å². The van der Waals surface area contributed by atoms with E-state index in [1.165, 1.54) is 0 Å². The van der Waals surface area contributed by atoms with Crippen LogP contribution in [0.4, 0.5) is 0 Å². The van der Waals surface area contributed by atoms with Crippen molar-refractivity contribution in [2.24, 2.45) is 0 Å². The number of esters is 2. The van der Waals surface area contributed by atoms with E-state index in [9.17, 15) is 14.7 Å². The number of carbonyl (C=O) groups is 2. The van der Waals surface area contributed by atoms with Crippen molar-refractivity contribution in [1.82, 2.24) is 4.90 Å². The number of ether oxygens (including phenoxy) is 6. The lowest BCUT2D eigenvalue weighted by molar-refractivity contribution is -0.147. The molecule has 0 saturated carbocycles. The van der Waals surface area contributed by atoms with Crippen molar-refractivity contribution >= 4 is 11.9 Å². The second kappa shape index (κ2) is 47.7.